The zero-order valence-electron chi connectivity index (χ0n) is 25.7. The van der Waals surface area contributed by atoms with Crippen molar-refractivity contribution in [3.8, 4) is 0 Å². The van der Waals surface area contributed by atoms with Crippen LogP contribution in [-0.4, -0.2) is 145 Å². The van der Waals surface area contributed by atoms with Crippen LogP contribution in [0.5, 0.6) is 0 Å². The van der Waals surface area contributed by atoms with E-state index in [1.807, 2.05) is 0 Å². The Morgan fingerprint density at radius 3 is 0.718 bits per heavy atom. The van der Waals surface area contributed by atoms with E-state index in [0.29, 0.717) is 24.2 Å². The molecule has 0 aromatic rings. The average molecular weight is 736 g/mol. The monoisotopic (exact) mass is 732 g/mol. The molecule has 2 radical (unpaired) electrons. The van der Waals surface area contributed by atoms with Crippen molar-refractivity contribution >= 4 is 0 Å². The summed E-state index contributed by atoms with van der Waals surface area (Å²) in [5.41, 5.74) is 0. The first-order chi connectivity index (χ1) is 15.7. The van der Waals surface area contributed by atoms with Gasteiger partial charge < -0.3 is 59.4 Å². The second-order valence-corrected chi connectivity index (χ2v) is 11.6. The Hall–Kier alpha value is 1.96. The number of hydrogen-bond donors (Lipinski definition) is 0. The minimum absolute atomic E-state index is 0. The fraction of sp³-hybridized carbons (Fsp3) is 1.00. The Bertz CT molecular complexity index is 455. The van der Waals surface area contributed by atoms with E-state index in [1.54, 1.807) is 0 Å². The first-order valence-electron chi connectivity index (χ1n) is 14.1. The molecule has 2 heterocycles. The maximum absolute atomic E-state index is 2.74. The zero-order valence-corrected chi connectivity index (χ0v) is 30.6. The molecule has 0 N–H and O–H groups in total. The molecule has 0 saturated carbocycles. The number of rotatable bonds is 8. The number of hydrogen-bond acceptors (Lipinski definition) is 6. The van der Waals surface area contributed by atoms with Crippen molar-refractivity contribution in [1.82, 2.24) is 29.4 Å². The third kappa shape index (κ3) is 19.8. The van der Waals surface area contributed by atoms with E-state index >= 15 is 0 Å². The second kappa shape index (κ2) is 27.5. The molecule has 2 rings (SSSR count). The third-order valence-corrected chi connectivity index (χ3v) is 8.03. The van der Waals surface area contributed by atoms with E-state index in [1.165, 1.54) is 98.0 Å². The molecule has 2 fully saturated rings. The van der Waals surface area contributed by atoms with Gasteiger partial charge in [-0.2, -0.15) is 0 Å². The summed E-state index contributed by atoms with van der Waals surface area (Å²) in [6.45, 7) is 35.8. The first-order valence-corrected chi connectivity index (χ1v) is 14.1. The van der Waals surface area contributed by atoms with E-state index in [2.05, 4.69) is 84.8 Å². The molecular formula is C27H58Cl4Cu2N6. The Labute approximate surface area is 289 Å². The summed E-state index contributed by atoms with van der Waals surface area (Å²) >= 11 is 0. The molecule has 246 valence electrons. The summed E-state index contributed by atoms with van der Waals surface area (Å²) < 4.78 is 0. The fourth-order valence-corrected chi connectivity index (χ4v) is 5.29. The number of nitrogens with zero attached hydrogens (tertiary/aromatic N) is 6. The van der Waals surface area contributed by atoms with Gasteiger partial charge in [0.2, 0.25) is 0 Å². The summed E-state index contributed by atoms with van der Waals surface area (Å²) in [7, 11) is 0. The standard InChI is InChI=1S/C27H58N6.4ClH.2Cu/c1-24(2)30-16-12-28(13-17-31(21-20-30)25(3)4)10-9-11-29-14-18-32(26(5)6)22-23-33(19-15-29)27(7)8;;;;;;/h24-27H,9-23H2,1-8H3;4*1H;;/q;;;;;2*+2/p-4. The third-order valence-electron chi connectivity index (χ3n) is 8.03. The van der Waals surface area contributed by atoms with Gasteiger partial charge in [0.05, 0.1) is 0 Å². The topological polar surface area (TPSA) is 19.4 Å². The van der Waals surface area contributed by atoms with Crippen molar-refractivity contribution in [3.63, 3.8) is 0 Å². The van der Waals surface area contributed by atoms with E-state index in [-0.39, 0.29) is 83.8 Å². The number of halogens is 4. The molecule has 0 amide bonds. The molecule has 2 saturated heterocycles. The molecule has 0 bridgehead atoms. The van der Waals surface area contributed by atoms with Gasteiger partial charge in [0.25, 0.3) is 0 Å². The van der Waals surface area contributed by atoms with Gasteiger partial charge >= 0.3 is 34.1 Å². The van der Waals surface area contributed by atoms with Crippen LogP contribution < -0.4 is 49.6 Å². The van der Waals surface area contributed by atoms with Crippen molar-refractivity contribution in [2.75, 3.05) is 91.6 Å². The Balaban J connectivity index is -0.000000642. The van der Waals surface area contributed by atoms with Crippen LogP contribution in [-0.2, 0) is 34.1 Å². The van der Waals surface area contributed by atoms with Gasteiger partial charge in [-0.1, -0.05) is 0 Å². The van der Waals surface area contributed by atoms with Gasteiger partial charge in [-0.05, 0) is 74.9 Å². The molecule has 39 heavy (non-hydrogen) atoms. The molecule has 0 aromatic carbocycles. The van der Waals surface area contributed by atoms with Crippen LogP contribution in [0.3, 0.4) is 0 Å². The van der Waals surface area contributed by atoms with Gasteiger partial charge in [-0.3, -0.25) is 19.6 Å². The summed E-state index contributed by atoms with van der Waals surface area (Å²) in [5.74, 6) is 0. The summed E-state index contributed by atoms with van der Waals surface area (Å²) in [4.78, 5) is 16.2. The van der Waals surface area contributed by atoms with Gasteiger partial charge in [0.1, 0.15) is 0 Å². The minimum atomic E-state index is 0. The Morgan fingerprint density at radius 1 is 0.359 bits per heavy atom. The van der Waals surface area contributed by atoms with Gasteiger partial charge in [-0.25, -0.2) is 0 Å². The molecule has 0 aromatic heterocycles. The quantitative estimate of drug-likeness (QED) is 0.230. The largest absolute Gasteiger partial charge is 2.00 e. The second-order valence-electron chi connectivity index (χ2n) is 11.6. The van der Waals surface area contributed by atoms with Crippen molar-refractivity contribution < 1.29 is 83.8 Å². The summed E-state index contributed by atoms with van der Waals surface area (Å²) in [6, 6.07) is 2.54. The van der Waals surface area contributed by atoms with Crippen molar-refractivity contribution in [3.05, 3.63) is 0 Å². The van der Waals surface area contributed by atoms with Crippen LogP contribution in [0.25, 0.3) is 0 Å². The SMILES string of the molecule is CC(C)N1CCN(CCCN2CCN(C(C)C)CCN(C(C)C)CC2)CCN(C(C)C)CC1.[Cl-].[Cl-].[Cl-].[Cl-].[Cu+2].[Cu+2]. The van der Waals surface area contributed by atoms with Gasteiger partial charge in [-0.15, -0.1) is 0 Å². The van der Waals surface area contributed by atoms with E-state index in [0.717, 1.165) is 0 Å². The van der Waals surface area contributed by atoms with E-state index in [9.17, 15) is 0 Å². The van der Waals surface area contributed by atoms with Crippen LogP contribution in [0.4, 0.5) is 0 Å². The van der Waals surface area contributed by atoms with Crippen LogP contribution in [0, 0.1) is 0 Å². The van der Waals surface area contributed by atoms with Crippen LogP contribution >= 0.6 is 0 Å². The molecule has 12 heteroatoms. The predicted molar refractivity (Wildman–Crippen MR) is 144 cm³/mol. The normalized spacial score (nSPS) is 20.0. The first kappa shape index (κ1) is 50.6. The van der Waals surface area contributed by atoms with Crippen molar-refractivity contribution in [1.29, 1.82) is 0 Å². The molecule has 0 spiro atoms. The van der Waals surface area contributed by atoms with E-state index in [4.69, 9.17) is 0 Å². The molecule has 0 unspecified atom stereocenters. The smallest absolute Gasteiger partial charge is 1.00 e. The molecule has 2 aliphatic rings. The maximum Gasteiger partial charge on any atom is 2.00 e. The molecule has 2 aliphatic heterocycles. The van der Waals surface area contributed by atoms with Gasteiger partial charge in [0.15, 0.2) is 0 Å². The van der Waals surface area contributed by atoms with Crippen LogP contribution in [0.1, 0.15) is 61.8 Å². The molecule has 0 aliphatic carbocycles. The maximum atomic E-state index is 2.74. The Kier molecular flexibility index (Phi) is 35.7. The van der Waals surface area contributed by atoms with E-state index < -0.39 is 0 Å². The zero-order chi connectivity index (χ0) is 24.4. The summed E-state index contributed by atoms with van der Waals surface area (Å²) in [5, 5.41) is 0. The van der Waals surface area contributed by atoms with Crippen molar-refractivity contribution in [2.24, 2.45) is 0 Å². The Morgan fingerprint density at radius 2 is 0.538 bits per heavy atom. The van der Waals surface area contributed by atoms with Crippen molar-refractivity contribution in [2.45, 2.75) is 86.0 Å². The molecular weight excluding hydrogens is 677 g/mol. The van der Waals surface area contributed by atoms with Crippen LogP contribution in [0.2, 0.25) is 0 Å². The minimum Gasteiger partial charge on any atom is -1.00 e. The molecule has 6 nitrogen and oxygen atoms in total. The van der Waals surface area contributed by atoms with Crippen LogP contribution in [0.15, 0.2) is 0 Å². The fourth-order valence-electron chi connectivity index (χ4n) is 5.29. The average Bonchev–Trinajstić information content (AvgIpc) is 2.92. The summed E-state index contributed by atoms with van der Waals surface area (Å²) in [6.07, 6.45) is 1.28. The van der Waals surface area contributed by atoms with Gasteiger partial charge in [0, 0.05) is 103 Å². The molecule has 0 atom stereocenters. The predicted octanol–water partition coefficient (Wildman–Crippen LogP) is -9.14.